The third-order valence-electron chi connectivity index (χ3n) is 8.42. The van der Waals surface area contributed by atoms with E-state index in [-0.39, 0.29) is 42.1 Å². The van der Waals surface area contributed by atoms with E-state index >= 15 is 0 Å². The molecular formula is C33H36Cl2N2O3S. The Bertz CT molecular complexity index is 1490. The number of benzene rings is 3. The predicted octanol–water partition coefficient (Wildman–Crippen LogP) is 7.53. The number of allylic oxidation sites excluding steroid dienone is 1. The number of rotatable bonds is 11. The number of amides is 1. The van der Waals surface area contributed by atoms with Gasteiger partial charge in [0.1, 0.15) is 0 Å². The average molecular weight is 612 g/mol. The van der Waals surface area contributed by atoms with Crippen LogP contribution in [0.5, 0.6) is 0 Å². The van der Waals surface area contributed by atoms with Crippen molar-refractivity contribution in [3.63, 3.8) is 0 Å². The van der Waals surface area contributed by atoms with Gasteiger partial charge in [-0.2, -0.15) is 0 Å². The van der Waals surface area contributed by atoms with E-state index in [0.29, 0.717) is 22.9 Å². The molecule has 0 spiro atoms. The molecule has 0 aromatic heterocycles. The van der Waals surface area contributed by atoms with E-state index in [1.807, 2.05) is 78.6 Å². The molecule has 8 heteroatoms. The summed E-state index contributed by atoms with van der Waals surface area (Å²) in [7, 11) is -3.63. The van der Waals surface area contributed by atoms with Gasteiger partial charge in [0.05, 0.1) is 17.2 Å². The number of carbonyl (C=O) groups excluding carboxylic acids is 1. The van der Waals surface area contributed by atoms with Gasteiger partial charge >= 0.3 is 0 Å². The summed E-state index contributed by atoms with van der Waals surface area (Å²) in [6.45, 7) is 6.12. The van der Waals surface area contributed by atoms with Crippen molar-refractivity contribution >= 4 is 39.1 Å². The van der Waals surface area contributed by atoms with Gasteiger partial charge in [0.2, 0.25) is 15.9 Å². The van der Waals surface area contributed by atoms with E-state index in [0.717, 1.165) is 29.5 Å². The molecule has 0 bridgehead atoms. The number of likely N-dealkylation sites (tertiary alicyclic amines) is 1. The number of carbonyl (C=O) groups is 1. The number of nitrogens with one attached hydrogen (secondary N) is 1. The molecule has 1 heterocycles. The first-order valence-corrected chi connectivity index (χ1v) is 16.5. The maximum absolute atomic E-state index is 14.6. The summed E-state index contributed by atoms with van der Waals surface area (Å²) in [5.74, 6) is 0.0489. The zero-order valence-electron chi connectivity index (χ0n) is 23.2. The molecule has 216 valence electrons. The molecule has 5 nitrogen and oxygen atoms in total. The Kier molecular flexibility index (Phi) is 8.95. The lowest BCUT2D eigenvalue weighted by atomic mass is 9.67. The van der Waals surface area contributed by atoms with Crippen LogP contribution in [-0.2, 0) is 20.6 Å². The van der Waals surface area contributed by atoms with Gasteiger partial charge in [0, 0.05) is 28.5 Å². The Balaban J connectivity index is 1.56. The van der Waals surface area contributed by atoms with Crippen LogP contribution < -0.4 is 4.72 Å². The molecule has 1 N–H and O–H groups in total. The molecule has 1 amide bonds. The predicted molar refractivity (Wildman–Crippen MR) is 166 cm³/mol. The summed E-state index contributed by atoms with van der Waals surface area (Å²) < 4.78 is 29.3. The highest BCUT2D eigenvalue weighted by Gasteiger charge is 2.53. The lowest BCUT2D eigenvalue weighted by Crippen LogP contribution is -2.58. The lowest BCUT2D eigenvalue weighted by molar-refractivity contribution is -0.155. The van der Waals surface area contributed by atoms with Crippen LogP contribution in [0.15, 0.2) is 91.5 Å². The summed E-state index contributed by atoms with van der Waals surface area (Å²) in [5.41, 5.74) is 2.03. The third kappa shape index (κ3) is 6.89. The number of piperidine rings is 1. The lowest BCUT2D eigenvalue weighted by Gasteiger charge is -2.52. The second kappa shape index (κ2) is 12.3. The highest BCUT2D eigenvalue weighted by Crippen LogP contribution is 2.54. The van der Waals surface area contributed by atoms with Crippen molar-refractivity contribution in [2.75, 3.05) is 6.54 Å². The zero-order valence-corrected chi connectivity index (χ0v) is 25.5. The molecule has 1 aliphatic heterocycles. The molecule has 1 saturated carbocycles. The molecule has 0 radical (unpaired) electrons. The van der Waals surface area contributed by atoms with Crippen molar-refractivity contribution in [2.45, 2.75) is 56.4 Å². The molecule has 3 aromatic rings. The standard InChI is InChI=1S/C33H36Cl2N2O3S/c1-3-18-33(2)20-29(26-10-7-11-28(35)19-26)31(25-14-16-27(34)17-15-25)37(32(33)38)30(24-12-13-24)21-36-41(39,40)22-23-8-5-4-6-9-23/h3-11,14-17,19,24,29-31,36H,1,12-13,18,20-22H2,2H3/t29-,30?,31?,33+/m1/s1. The maximum atomic E-state index is 14.6. The van der Waals surface area contributed by atoms with Crippen LogP contribution in [0.3, 0.4) is 0 Å². The number of sulfonamides is 1. The molecule has 2 unspecified atom stereocenters. The average Bonchev–Trinajstić information content (AvgIpc) is 3.77. The summed E-state index contributed by atoms with van der Waals surface area (Å²) in [6, 6.07) is 24.0. The van der Waals surface area contributed by atoms with Crippen LogP contribution in [0.25, 0.3) is 0 Å². The van der Waals surface area contributed by atoms with Crippen LogP contribution in [0, 0.1) is 11.3 Å². The molecule has 2 aliphatic rings. The second-order valence-corrected chi connectivity index (χ2v) is 14.3. The van der Waals surface area contributed by atoms with E-state index in [4.69, 9.17) is 23.2 Å². The fraction of sp³-hybridized carbons (Fsp3) is 0.364. The fourth-order valence-electron chi connectivity index (χ4n) is 6.28. The maximum Gasteiger partial charge on any atom is 0.229 e. The monoisotopic (exact) mass is 610 g/mol. The smallest absolute Gasteiger partial charge is 0.229 e. The SMILES string of the molecule is C=CC[C@@]1(C)C[C@H](c2cccc(Cl)c2)C(c2ccc(Cl)cc2)N(C(CNS(=O)(=O)Cc2ccccc2)C2CC2)C1=O. The zero-order chi connectivity index (χ0) is 29.2. The Morgan fingerprint density at radius 1 is 1.00 bits per heavy atom. The largest absolute Gasteiger partial charge is 0.330 e. The topological polar surface area (TPSA) is 66.5 Å². The minimum atomic E-state index is -3.63. The molecule has 1 saturated heterocycles. The van der Waals surface area contributed by atoms with Crippen molar-refractivity contribution < 1.29 is 13.2 Å². The van der Waals surface area contributed by atoms with E-state index in [1.165, 1.54) is 0 Å². The first-order valence-electron chi connectivity index (χ1n) is 14.1. The van der Waals surface area contributed by atoms with Gasteiger partial charge in [0.15, 0.2) is 0 Å². The van der Waals surface area contributed by atoms with Crippen molar-refractivity contribution in [2.24, 2.45) is 11.3 Å². The minimum absolute atomic E-state index is 0.0229. The summed E-state index contributed by atoms with van der Waals surface area (Å²) in [5, 5.41) is 1.25. The highest BCUT2D eigenvalue weighted by atomic mass is 35.5. The summed E-state index contributed by atoms with van der Waals surface area (Å²) in [6.07, 6.45) is 4.83. The number of hydrogen-bond acceptors (Lipinski definition) is 3. The van der Waals surface area contributed by atoms with Gasteiger partial charge in [-0.15, -0.1) is 6.58 Å². The first kappa shape index (κ1) is 29.8. The van der Waals surface area contributed by atoms with Crippen molar-refractivity contribution in [3.05, 3.63) is 118 Å². The quantitative estimate of drug-likeness (QED) is 0.228. The van der Waals surface area contributed by atoms with Gasteiger partial charge < -0.3 is 4.90 Å². The van der Waals surface area contributed by atoms with Crippen molar-refractivity contribution in [3.8, 4) is 0 Å². The normalized spacial score (nSPS) is 23.8. The second-order valence-electron chi connectivity index (χ2n) is 11.6. The number of hydrogen-bond donors (Lipinski definition) is 1. The Morgan fingerprint density at radius 3 is 2.34 bits per heavy atom. The summed E-state index contributed by atoms with van der Waals surface area (Å²) in [4.78, 5) is 16.6. The first-order chi connectivity index (χ1) is 19.6. The molecule has 41 heavy (non-hydrogen) atoms. The Hall–Kier alpha value is -2.64. The molecule has 2 fully saturated rings. The van der Waals surface area contributed by atoms with E-state index in [9.17, 15) is 13.2 Å². The van der Waals surface area contributed by atoms with E-state index in [1.54, 1.807) is 12.1 Å². The minimum Gasteiger partial charge on any atom is -0.330 e. The molecular weight excluding hydrogens is 575 g/mol. The Labute approximate surface area is 253 Å². The van der Waals surface area contributed by atoms with Crippen LogP contribution in [0.4, 0.5) is 0 Å². The van der Waals surface area contributed by atoms with Crippen molar-refractivity contribution in [1.82, 2.24) is 9.62 Å². The van der Waals surface area contributed by atoms with Crippen LogP contribution in [-0.4, -0.2) is 31.8 Å². The molecule has 5 rings (SSSR count). The third-order valence-corrected chi connectivity index (χ3v) is 10.2. The van der Waals surface area contributed by atoms with E-state index < -0.39 is 15.4 Å². The van der Waals surface area contributed by atoms with Gasteiger partial charge in [-0.1, -0.05) is 90.8 Å². The number of halogens is 2. The van der Waals surface area contributed by atoms with Gasteiger partial charge in [-0.05, 0) is 72.6 Å². The molecule has 3 aromatic carbocycles. The molecule has 1 aliphatic carbocycles. The number of nitrogens with zero attached hydrogens (tertiary/aromatic N) is 1. The highest BCUT2D eigenvalue weighted by molar-refractivity contribution is 7.88. The fourth-order valence-corrected chi connectivity index (χ4v) is 7.77. The Morgan fingerprint density at radius 2 is 1.71 bits per heavy atom. The molecule has 4 atom stereocenters. The van der Waals surface area contributed by atoms with Gasteiger partial charge in [-0.25, -0.2) is 13.1 Å². The van der Waals surface area contributed by atoms with Crippen molar-refractivity contribution in [1.29, 1.82) is 0 Å². The summed E-state index contributed by atoms with van der Waals surface area (Å²) >= 11 is 12.8. The van der Waals surface area contributed by atoms with Gasteiger partial charge in [0.25, 0.3) is 0 Å². The van der Waals surface area contributed by atoms with Crippen LogP contribution in [0.2, 0.25) is 10.0 Å². The van der Waals surface area contributed by atoms with Crippen LogP contribution >= 0.6 is 23.2 Å². The van der Waals surface area contributed by atoms with Crippen LogP contribution in [0.1, 0.15) is 61.3 Å². The van der Waals surface area contributed by atoms with Gasteiger partial charge in [-0.3, -0.25) is 4.79 Å². The van der Waals surface area contributed by atoms with E-state index in [2.05, 4.69) is 17.4 Å².